The lowest BCUT2D eigenvalue weighted by atomic mass is 10.1. The molecular weight excluding hydrogens is 394 g/mol. The lowest BCUT2D eigenvalue weighted by Crippen LogP contribution is -2.24. The first kappa shape index (κ1) is 19.8. The Morgan fingerprint density at radius 3 is 2.28 bits per heavy atom. The number of ether oxygens (including phenoxy) is 1. The van der Waals surface area contributed by atoms with Crippen LogP contribution < -0.4 is 9.64 Å². The molecule has 3 heteroatoms. The van der Waals surface area contributed by atoms with Crippen LogP contribution in [0.2, 0.25) is 0 Å². The van der Waals surface area contributed by atoms with Gasteiger partial charge in [0.1, 0.15) is 5.75 Å². The molecule has 5 rings (SSSR count). The highest BCUT2D eigenvalue weighted by molar-refractivity contribution is 6.23. The molecule has 0 N–H and O–H groups in total. The molecule has 0 aliphatic carbocycles. The van der Waals surface area contributed by atoms with Crippen LogP contribution in [-0.4, -0.2) is 12.5 Å². The van der Waals surface area contributed by atoms with E-state index in [1.54, 1.807) is 0 Å². The first-order valence-corrected chi connectivity index (χ1v) is 10.8. The van der Waals surface area contributed by atoms with E-state index >= 15 is 0 Å². The molecular formula is C29H23NO2. The van der Waals surface area contributed by atoms with Crippen molar-refractivity contribution in [3.05, 3.63) is 120 Å². The SMILES string of the molecule is CCOc1ccc(/C=C2\C=C(c3ccccc3)N(c3ccc4ccccc4c3)C2=O)cc1. The van der Waals surface area contributed by atoms with E-state index in [-0.39, 0.29) is 5.91 Å². The number of anilines is 1. The molecule has 1 aliphatic heterocycles. The Kier molecular flexibility index (Phi) is 5.30. The monoisotopic (exact) mass is 417 g/mol. The number of amides is 1. The summed E-state index contributed by atoms with van der Waals surface area (Å²) in [7, 11) is 0. The van der Waals surface area contributed by atoms with Crippen molar-refractivity contribution >= 4 is 34.1 Å². The van der Waals surface area contributed by atoms with Crippen molar-refractivity contribution in [2.45, 2.75) is 6.92 Å². The number of rotatable bonds is 5. The molecule has 1 amide bonds. The number of benzene rings is 4. The second kappa shape index (κ2) is 8.56. The molecule has 0 unspecified atom stereocenters. The second-order valence-corrected chi connectivity index (χ2v) is 7.67. The maximum absolute atomic E-state index is 13.6. The van der Waals surface area contributed by atoms with E-state index in [0.29, 0.717) is 12.2 Å². The van der Waals surface area contributed by atoms with Gasteiger partial charge in [-0.3, -0.25) is 9.69 Å². The van der Waals surface area contributed by atoms with Crippen molar-refractivity contribution < 1.29 is 9.53 Å². The molecule has 0 saturated carbocycles. The van der Waals surface area contributed by atoms with E-state index in [2.05, 4.69) is 24.3 Å². The Labute approximate surface area is 187 Å². The molecule has 0 radical (unpaired) electrons. The minimum atomic E-state index is -0.0342. The average Bonchev–Trinajstić information content (AvgIpc) is 3.16. The predicted molar refractivity (Wildman–Crippen MR) is 131 cm³/mol. The molecule has 0 bridgehead atoms. The van der Waals surface area contributed by atoms with Gasteiger partial charge >= 0.3 is 0 Å². The summed E-state index contributed by atoms with van der Waals surface area (Å²) in [5, 5.41) is 2.26. The van der Waals surface area contributed by atoms with E-state index in [4.69, 9.17) is 4.74 Å². The number of carbonyl (C=O) groups excluding carboxylic acids is 1. The fraction of sp³-hybridized carbons (Fsp3) is 0.0690. The Balaban J connectivity index is 1.58. The number of fused-ring (bicyclic) bond motifs is 1. The van der Waals surface area contributed by atoms with E-state index in [0.717, 1.165) is 39.0 Å². The molecule has 156 valence electrons. The number of hydrogen-bond acceptors (Lipinski definition) is 2. The molecule has 32 heavy (non-hydrogen) atoms. The van der Waals surface area contributed by atoms with Gasteiger partial charge in [-0.25, -0.2) is 0 Å². The van der Waals surface area contributed by atoms with Crippen molar-refractivity contribution in [3.8, 4) is 5.75 Å². The molecule has 0 aromatic heterocycles. The summed E-state index contributed by atoms with van der Waals surface area (Å²) in [5.41, 5.74) is 4.35. The third-order valence-corrected chi connectivity index (χ3v) is 5.56. The molecule has 1 heterocycles. The zero-order valence-electron chi connectivity index (χ0n) is 17.9. The minimum Gasteiger partial charge on any atom is -0.494 e. The summed E-state index contributed by atoms with van der Waals surface area (Å²) in [5.74, 6) is 0.790. The third kappa shape index (κ3) is 3.81. The summed E-state index contributed by atoms with van der Waals surface area (Å²) in [6.07, 6.45) is 3.91. The van der Waals surface area contributed by atoms with Crippen LogP contribution in [0.15, 0.2) is 109 Å². The highest BCUT2D eigenvalue weighted by Crippen LogP contribution is 2.36. The van der Waals surface area contributed by atoms with Gasteiger partial charge in [0.2, 0.25) is 0 Å². The quantitative estimate of drug-likeness (QED) is 0.338. The largest absolute Gasteiger partial charge is 0.494 e. The van der Waals surface area contributed by atoms with Gasteiger partial charge in [-0.2, -0.15) is 0 Å². The van der Waals surface area contributed by atoms with Gasteiger partial charge in [-0.15, -0.1) is 0 Å². The van der Waals surface area contributed by atoms with Gasteiger partial charge in [0.05, 0.1) is 12.3 Å². The van der Waals surface area contributed by atoms with Gasteiger partial charge < -0.3 is 4.74 Å². The molecule has 1 aliphatic rings. The van der Waals surface area contributed by atoms with Crippen molar-refractivity contribution in [1.29, 1.82) is 0 Å². The predicted octanol–water partition coefficient (Wildman–Crippen LogP) is 6.71. The van der Waals surface area contributed by atoms with Crippen LogP contribution in [-0.2, 0) is 4.79 Å². The summed E-state index contributed by atoms with van der Waals surface area (Å²) in [6, 6.07) is 32.2. The lowest BCUT2D eigenvalue weighted by Gasteiger charge is -2.21. The smallest absolute Gasteiger partial charge is 0.262 e. The van der Waals surface area contributed by atoms with E-state index in [1.807, 2.05) is 96.8 Å². The number of hydrogen-bond donors (Lipinski definition) is 0. The second-order valence-electron chi connectivity index (χ2n) is 7.67. The van der Waals surface area contributed by atoms with Crippen LogP contribution in [0.3, 0.4) is 0 Å². The molecule has 3 nitrogen and oxygen atoms in total. The van der Waals surface area contributed by atoms with Crippen LogP contribution in [0.5, 0.6) is 5.75 Å². The van der Waals surface area contributed by atoms with Gasteiger partial charge in [0, 0.05) is 11.3 Å². The standard InChI is InChI=1S/C29H23NO2/c1-2-32-27-16-12-21(13-17-27)18-25-20-28(23-9-4-3-5-10-23)30(29(25)31)26-15-14-22-8-6-7-11-24(22)19-26/h3-20H,2H2,1H3/b25-18+. The Hall–Kier alpha value is -4.11. The van der Waals surface area contributed by atoms with Crippen molar-refractivity contribution in [1.82, 2.24) is 0 Å². The van der Waals surface area contributed by atoms with Crippen LogP contribution in [0, 0.1) is 0 Å². The maximum Gasteiger partial charge on any atom is 0.262 e. The number of nitrogens with zero attached hydrogens (tertiary/aromatic N) is 1. The van der Waals surface area contributed by atoms with Crippen molar-refractivity contribution in [2.75, 3.05) is 11.5 Å². The fourth-order valence-electron chi connectivity index (χ4n) is 4.02. The summed E-state index contributed by atoms with van der Waals surface area (Å²) in [6.45, 7) is 2.59. The highest BCUT2D eigenvalue weighted by atomic mass is 16.5. The van der Waals surface area contributed by atoms with Crippen LogP contribution in [0.1, 0.15) is 18.1 Å². The topological polar surface area (TPSA) is 29.5 Å². The van der Waals surface area contributed by atoms with Gasteiger partial charge in [-0.1, -0.05) is 72.8 Å². The molecule has 4 aromatic rings. The fourth-order valence-corrected chi connectivity index (χ4v) is 4.02. The molecule has 0 atom stereocenters. The molecule has 0 fully saturated rings. The zero-order chi connectivity index (χ0) is 21.9. The average molecular weight is 418 g/mol. The lowest BCUT2D eigenvalue weighted by molar-refractivity contribution is -0.113. The zero-order valence-corrected chi connectivity index (χ0v) is 17.9. The Bertz CT molecular complexity index is 1330. The summed E-state index contributed by atoms with van der Waals surface area (Å²) >= 11 is 0. The van der Waals surface area contributed by atoms with Crippen molar-refractivity contribution in [2.24, 2.45) is 0 Å². The van der Waals surface area contributed by atoms with Gasteiger partial charge in [0.25, 0.3) is 5.91 Å². The van der Waals surface area contributed by atoms with E-state index in [9.17, 15) is 4.79 Å². The summed E-state index contributed by atoms with van der Waals surface area (Å²) in [4.78, 5) is 15.4. The van der Waals surface area contributed by atoms with Gasteiger partial charge in [0.15, 0.2) is 0 Å². The molecule has 0 saturated heterocycles. The van der Waals surface area contributed by atoms with Crippen molar-refractivity contribution in [3.63, 3.8) is 0 Å². The van der Waals surface area contributed by atoms with Gasteiger partial charge in [-0.05, 0) is 65.2 Å². The van der Waals surface area contributed by atoms with E-state index in [1.165, 1.54) is 0 Å². The van der Waals surface area contributed by atoms with Crippen LogP contribution in [0.4, 0.5) is 5.69 Å². The minimum absolute atomic E-state index is 0.0342. The van der Waals surface area contributed by atoms with Crippen LogP contribution in [0.25, 0.3) is 22.5 Å². The first-order valence-electron chi connectivity index (χ1n) is 10.8. The van der Waals surface area contributed by atoms with E-state index < -0.39 is 0 Å². The molecule has 4 aromatic carbocycles. The maximum atomic E-state index is 13.6. The number of carbonyl (C=O) groups is 1. The van der Waals surface area contributed by atoms with Crippen LogP contribution >= 0.6 is 0 Å². The first-order chi connectivity index (χ1) is 15.7. The normalized spacial score (nSPS) is 14.8. The Morgan fingerprint density at radius 2 is 1.53 bits per heavy atom. The Morgan fingerprint density at radius 1 is 0.812 bits per heavy atom. The highest BCUT2D eigenvalue weighted by Gasteiger charge is 2.30. The third-order valence-electron chi connectivity index (χ3n) is 5.56. The summed E-state index contributed by atoms with van der Waals surface area (Å²) < 4.78 is 5.53. The molecule has 0 spiro atoms.